The van der Waals surface area contributed by atoms with Crippen LogP contribution in [0.15, 0.2) is 36.4 Å². The molecule has 0 aromatic heterocycles. The Balaban J connectivity index is 2.45. The van der Waals surface area contributed by atoms with E-state index in [4.69, 9.17) is 23.2 Å². The van der Waals surface area contributed by atoms with Crippen molar-refractivity contribution >= 4 is 23.2 Å². The van der Waals surface area contributed by atoms with E-state index in [1.807, 2.05) is 6.92 Å². The number of halogens is 4. The first-order valence-corrected chi connectivity index (χ1v) is 7.41. The van der Waals surface area contributed by atoms with Crippen molar-refractivity contribution in [2.24, 2.45) is 0 Å². The molecule has 0 amide bonds. The molecule has 0 saturated carbocycles. The highest BCUT2D eigenvalue weighted by Crippen LogP contribution is 2.29. The monoisotopic (exact) mass is 329 g/mol. The number of benzene rings is 2. The predicted molar refractivity (Wildman–Crippen MR) is 83.0 cm³/mol. The smallest absolute Gasteiger partial charge is 0.142 e. The van der Waals surface area contributed by atoms with Gasteiger partial charge in [-0.1, -0.05) is 42.3 Å². The molecule has 0 aliphatic carbocycles. The van der Waals surface area contributed by atoms with Crippen LogP contribution in [-0.4, -0.2) is 6.54 Å². The summed E-state index contributed by atoms with van der Waals surface area (Å²) in [5, 5.41) is 3.59. The number of rotatable bonds is 5. The Morgan fingerprint density at radius 1 is 1.05 bits per heavy atom. The summed E-state index contributed by atoms with van der Waals surface area (Å²) in [6.45, 7) is 2.68. The zero-order valence-corrected chi connectivity index (χ0v) is 13.0. The van der Waals surface area contributed by atoms with Crippen LogP contribution in [0.1, 0.15) is 30.5 Å². The second-order valence-corrected chi connectivity index (χ2v) is 5.57. The van der Waals surface area contributed by atoms with E-state index in [1.54, 1.807) is 24.3 Å². The van der Waals surface area contributed by atoms with Crippen LogP contribution >= 0.6 is 23.2 Å². The fourth-order valence-corrected chi connectivity index (χ4v) is 2.39. The lowest BCUT2D eigenvalue weighted by atomic mass is 9.98. The molecule has 21 heavy (non-hydrogen) atoms. The second-order valence-electron chi connectivity index (χ2n) is 4.73. The highest BCUT2D eigenvalue weighted by atomic mass is 35.5. The Morgan fingerprint density at radius 2 is 1.71 bits per heavy atom. The third-order valence-electron chi connectivity index (χ3n) is 3.15. The van der Waals surface area contributed by atoms with Crippen molar-refractivity contribution in [2.75, 3.05) is 6.54 Å². The molecule has 1 unspecified atom stereocenters. The summed E-state index contributed by atoms with van der Waals surface area (Å²) < 4.78 is 27.8. The molecule has 2 aromatic carbocycles. The van der Waals surface area contributed by atoms with Crippen molar-refractivity contribution in [3.05, 3.63) is 69.2 Å². The predicted octanol–water partition coefficient (Wildman–Crippen LogP) is 5.36. The third-order valence-corrected chi connectivity index (χ3v) is 3.69. The van der Waals surface area contributed by atoms with Crippen molar-refractivity contribution in [2.45, 2.75) is 19.4 Å². The molecule has 0 aliphatic rings. The van der Waals surface area contributed by atoms with Crippen molar-refractivity contribution in [1.82, 2.24) is 5.32 Å². The Morgan fingerprint density at radius 3 is 2.33 bits per heavy atom. The van der Waals surface area contributed by atoms with Crippen LogP contribution in [0.4, 0.5) is 8.78 Å². The molecule has 0 bridgehead atoms. The van der Waals surface area contributed by atoms with Crippen LogP contribution in [0, 0.1) is 11.6 Å². The molecule has 0 aliphatic heterocycles. The molecule has 2 rings (SSSR count). The van der Waals surface area contributed by atoms with Gasteiger partial charge in [0.1, 0.15) is 11.6 Å². The van der Waals surface area contributed by atoms with Crippen LogP contribution < -0.4 is 5.32 Å². The fourth-order valence-electron chi connectivity index (χ4n) is 2.11. The minimum Gasteiger partial charge on any atom is -0.306 e. The molecule has 112 valence electrons. The van der Waals surface area contributed by atoms with Gasteiger partial charge >= 0.3 is 0 Å². The lowest BCUT2D eigenvalue weighted by molar-refractivity contribution is 0.535. The zero-order valence-electron chi connectivity index (χ0n) is 11.5. The average molecular weight is 330 g/mol. The Hall–Kier alpha value is -1.16. The van der Waals surface area contributed by atoms with E-state index in [2.05, 4.69) is 5.32 Å². The molecule has 1 nitrogen and oxygen atoms in total. The molecule has 2 aromatic rings. The molecular weight excluding hydrogens is 315 g/mol. The van der Waals surface area contributed by atoms with Crippen LogP contribution in [-0.2, 0) is 0 Å². The summed E-state index contributed by atoms with van der Waals surface area (Å²) in [6.07, 6.45) is 0.877. The maximum Gasteiger partial charge on any atom is 0.142 e. The number of hydrogen-bond acceptors (Lipinski definition) is 1. The number of hydrogen-bond donors (Lipinski definition) is 1. The Labute approximate surface area is 132 Å². The SMILES string of the molecule is CCCNC(c1ccc(Cl)cc1)c1cc(F)c(Cl)cc1F. The molecule has 0 spiro atoms. The van der Waals surface area contributed by atoms with Crippen LogP contribution in [0.25, 0.3) is 0 Å². The molecule has 1 N–H and O–H groups in total. The molecule has 0 radical (unpaired) electrons. The lowest BCUT2D eigenvalue weighted by Gasteiger charge is -2.20. The van der Waals surface area contributed by atoms with Crippen molar-refractivity contribution in [1.29, 1.82) is 0 Å². The van der Waals surface area contributed by atoms with Crippen LogP contribution in [0.2, 0.25) is 10.0 Å². The van der Waals surface area contributed by atoms with Gasteiger partial charge in [-0.3, -0.25) is 0 Å². The molecule has 5 heteroatoms. The summed E-state index contributed by atoms with van der Waals surface area (Å²) in [5.41, 5.74) is 1.04. The molecule has 0 saturated heterocycles. The molecule has 0 heterocycles. The van der Waals surface area contributed by atoms with Gasteiger partial charge in [-0.2, -0.15) is 0 Å². The Kier molecular flexibility index (Phi) is 5.57. The maximum atomic E-state index is 14.2. The van der Waals surface area contributed by atoms with E-state index < -0.39 is 17.7 Å². The van der Waals surface area contributed by atoms with Gasteiger partial charge in [0.2, 0.25) is 0 Å². The first kappa shape index (κ1) is 16.2. The van der Waals surface area contributed by atoms with Gasteiger partial charge in [-0.15, -0.1) is 0 Å². The van der Waals surface area contributed by atoms with Gasteiger partial charge in [0.15, 0.2) is 0 Å². The van der Waals surface area contributed by atoms with Gasteiger partial charge in [0.05, 0.1) is 11.1 Å². The van der Waals surface area contributed by atoms with Crippen molar-refractivity contribution in [3.8, 4) is 0 Å². The van der Waals surface area contributed by atoms with E-state index in [0.29, 0.717) is 11.6 Å². The van der Waals surface area contributed by atoms with Gasteiger partial charge in [0, 0.05) is 10.6 Å². The van der Waals surface area contributed by atoms with Crippen LogP contribution in [0.3, 0.4) is 0 Å². The first-order valence-electron chi connectivity index (χ1n) is 6.66. The van der Waals surface area contributed by atoms with Gasteiger partial charge in [-0.25, -0.2) is 8.78 Å². The van der Waals surface area contributed by atoms with Gasteiger partial charge in [-0.05, 0) is 42.8 Å². The fraction of sp³-hybridized carbons (Fsp3) is 0.250. The maximum absolute atomic E-state index is 14.2. The standard InChI is InChI=1S/C16H15Cl2F2N/c1-2-7-21-16(10-3-5-11(17)6-4-10)12-8-15(20)13(18)9-14(12)19/h3-6,8-9,16,21H,2,7H2,1H3. The largest absolute Gasteiger partial charge is 0.306 e. The molecule has 1 atom stereocenters. The third kappa shape index (κ3) is 3.94. The second kappa shape index (κ2) is 7.21. The minimum absolute atomic E-state index is 0.221. The van der Waals surface area contributed by atoms with E-state index >= 15 is 0 Å². The van der Waals surface area contributed by atoms with Crippen molar-refractivity contribution in [3.63, 3.8) is 0 Å². The summed E-state index contributed by atoms with van der Waals surface area (Å²) in [5.74, 6) is -1.17. The zero-order chi connectivity index (χ0) is 15.4. The lowest BCUT2D eigenvalue weighted by Crippen LogP contribution is -2.24. The van der Waals surface area contributed by atoms with Crippen LogP contribution in [0.5, 0.6) is 0 Å². The summed E-state index contributed by atoms with van der Waals surface area (Å²) >= 11 is 11.5. The molecular formula is C16H15Cl2F2N. The summed E-state index contributed by atoms with van der Waals surface area (Å²) in [7, 11) is 0. The summed E-state index contributed by atoms with van der Waals surface area (Å²) in [4.78, 5) is 0. The van der Waals surface area contributed by atoms with Gasteiger partial charge in [0.25, 0.3) is 0 Å². The highest BCUT2D eigenvalue weighted by Gasteiger charge is 2.19. The average Bonchev–Trinajstić information content (AvgIpc) is 2.46. The van der Waals surface area contributed by atoms with E-state index in [0.717, 1.165) is 24.1 Å². The molecule has 0 fully saturated rings. The van der Waals surface area contributed by atoms with E-state index in [9.17, 15) is 8.78 Å². The topological polar surface area (TPSA) is 12.0 Å². The van der Waals surface area contributed by atoms with E-state index in [1.165, 1.54) is 0 Å². The van der Waals surface area contributed by atoms with Gasteiger partial charge < -0.3 is 5.32 Å². The minimum atomic E-state index is -0.634. The van der Waals surface area contributed by atoms with E-state index in [-0.39, 0.29) is 10.6 Å². The normalized spacial score (nSPS) is 12.4. The highest BCUT2D eigenvalue weighted by molar-refractivity contribution is 6.31. The Bertz CT molecular complexity index is 614. The quantitative estimate of drug-likeness (QED) is 0.728. The number of nitrogens with one attached hydrogen (secondary N) is 1. The summed E-state index contributed by atoms with van der Waals surface area (Å²) in [6, 6.07) is 8.73. The first-order chi connectivity index (χ1) is 10.0. The van der Waals surface area contributed by atoms with Crippen molar-refractivity contribution < 1.29 is 8.78 Å².